The molecule has 2 aliphatic rings. The maximum absolute atomic E-state index is 13.5. The first-order valence-corrected chi connectivity index (χ1v) is 13.7. The number of ether oxygens (including phenoxy) is 1. The highest BCUT2D eigenvalue weighted by molar-refractivity contribution is 5.94. The molecule has 11 nitrogen and oxygen atoms in total. The van der Waals surface area contributed by atoms with Crippen LogP contribution in [0.25, 0.3) is 0 Å². The molecule has 0 bridgehead atoms. The topological polar surface area (TPSA) is 169 Å². The van der Waals surface area contributed by atoms with Crippen LogP contribution in [0.1, 0.15) is 92.9 Å². The summed E-state index contributed by atoms with van der Waals surface area (Å²) in [6.45, 7) is 11.1. The van der Waals surface area contributed by atoms with Crippen LogP contribution in [-0.2, 0) is 23.9 Å². The Morgan fingerprint density at radius 3 is 2.00 bits per heavy atom. The fourth-order valence-electron chi connectivity index (χ4n) is 5.02. The molecule has 38 heavy (non-hydrogen) atoms. The number of nitrogens with one attached hydrogen (secondary N) is 4. The van der Waals surface area contributed by atoms with Gasteiger partial charge in [0.2, 0.25) is 23.6 Å². The van der Waals surface area contributed by atoms with Crippen molar-refractivity contribution in [2.45, 2.75) is 117 Å². The standard InChI is InChI=1S/C27H47N5O6/c1-26(2,3)20(32-25(37)38-27(4,5)6)24(36)31-19(14-16-10-8-7-9-11-16)23(35)30-18(21(28)33)15-17-12-13-29-22(17)34/h16-20H,7-15H2,1-6H3,(H2,28,33)(H,29,34)(H,30,35)(H,31,36)(H,32,37)/t17-,18-,19-,20?/m0/s1. The van der Waals surface area contributed by atoms with Crippen LogP contribution >= 0.6 is 0 Å². The number of hydrogen-bond donors (Lipinski definition) is 5. The van der Waals surface area contributed by atoms with Gasteiger partial charge in [0.1, 0.15) is 23.7 Å². The predicted molar refractivity (Wildman–Crippen MR) is 143 cm³/mol. The fourth-order valence-corrected chi connectivity index (χ4v) is 5.02. The van der Waals surface area contributed by atoms with Crippen LogP contribution in [0.2, 0.25) is 0 Å². The highest BCUT2D eigenvalue weighted by atomic mass is 16.6. The van der Waals surface area contributed by atoms with E-state index in [0.717, 1.165) is 32.1 Å². The highest BCUT2D eigenvalue weighted by Crippen LogP contribution is 2.28. The lowest BCUT2D eigenvalue weighted by atomic mass is 9.83. The van der Waals surface area contributed by atoms with E-state index in [4.69, 9.17) is 10.5 Å². The lowest BCUT2D eigenvalue weighted by Gasteiger charge is -2.33. The molecule has 216 valence electrons. The van der Waals surface area contributed by atoms with Crippen molar-refractivity contribution in [2.75, 3.05) is 6.54 Å². The van der Waals surface area contributed by atoms with Gasteiger partial charge in [-0.2, -0.15) is 0 Å². The Kier molecular flexibility index (Phi) is 11.0. The van der Waals surface area contributed by atoms with Crippen molar-refractivity contribution in [1.82, 2.24) is 21.3 Å². The Labute approximate surface area is 226 Å². The van der Waals surface area contributed by atoms with Crippen LogP contribution in [0.3, 0.4) is 0 Å². The smallest absolute Gasteiger partial charge is 0.408 e. The highest BCUT2D eigenvalue weighted by Gasteiger charge is 2.38. The van der Waals surface area contributed by atoms with Crippen molar-refractivity contribution in [3.8, 4) is 0 Å². The molecule has 0 spiro atoms. The number of rotatable bonds is 10. The van der Waals surface area contributed by atoms with Crippen molar-refractivity contribution in [3.63, 3.8) is 0 Å². The molecule has 0 radical (unpaired) electrons. The average Bonchev–Trinajstić information content (AvgIpc) is 3.19. The van der Waals surface area contributed by atoms with Gasteiger partial charge in [-0.1, -0.05) is 52.9 Å². The number of amides is 5. The minimum absolute atomic E-state index is 0.0990. The van der Waals surface area contributed by atoms with Gasteiger partial charge in [0, 0.05) is 12.5 Å². The van der Waals surface area contributed by atoms with Gasteiger partial charge in [0.15, 0.2) is 0 Å². The van der Waals surface area contributed by atoms with Crippen LogP contribution in [0.4, 0.5) is 4.79 Å². The Morgan fingerprint density at radius 1 is 0.895 bits per heavy atom. The summed E-state index contributed by atoms with van der Waals surface area (Å²) in [7, 11) is 0. The molecule has 2 rings (SSSR count). The number of alkyl carbamates (subject to hydrolysis) is 1. The maximum atomic E-state index is 13.5. The molecule has 1 heterocycles. The molecule has 1 aliphatic carbocycles. The Bertz CT molecular complexity index is 872. The van der Waals surface area contributed by atoms with Crippen molar-refractivity contribution in [2.24, 2.45) is 23.0 Å². The molecular formula is C27H47N5O6. The molecule has 0 aromatic heterocycles. The third-order valence-corrected chi connectivity index (χ3v) is 7.06. The minimum atomic E-state index is -1.04. The summed E-state index contributed by atoms with van der Waals surface area (Å²) in [5.41, 5.74) is 4.14. The van der Waals surface area contributed by atoms with Crippen LogP contribution in [0.15, 0.2) is 0 Å². The van der Waals surface area contributed by atoms with Gasteiger partial charge < -0.3 is 31.7 Å². The number of hydrogen-bond acceptors (Lipinski definition) is 6. The number of carbonyl (C=O) groups is 5. The van der Waals surface area contributed by atoms with Crippen LogP contribution in [0, 0.1) is 17.3 Å². The summed E-state index contributed by atoms with van der Waals surface area (Å²) < 4.78 is 5.35. The van der Waals surface area contributed by atoms with Gasteiger partial charge in [-0.15, -0.1) is 0 Å². The molecule has 1 saturated heterocycles. The van der Waals surface area contributed by atoms with Crippen LogP contribution in [-0.4, -0.2) is 60.0 Å². The van der Waals surface area contributed by atoms with E-state index in [2.05, 4.69) is 21.3 Å². The third kappa shape index (κ3) is 10.1. The second kappa shape index (κ2) is 13.3. The summed E-state index contributed by atoms with van der Waals surface area (Å²) >= 11 is 0. The van der Waals surface area contributed by atoms with Gasteiger partial charge in [-0.25, -0.2) is 4.79 Å². The van der Waals surface area contributed by atoms with Crippen molar-refractivity contribution < 1.29 is 28.7 Å². The molecule has 1 aliphatic heterocycles. The summed E-state index contributed by atoms with van der Waals surface area (Å²) in [5.74, 6) is -2.14. The molecule has 1 unspecified atom stereocenters. The monoisotopic (exact) mass is 537 g/mol. The summed E-state index contributed by atoms with van der Waals surface area (Å²) in [5, 5.41) is 10.9. The van der Waals surface area contributed by atoms with Gasteiger partial charge in [0.25, 0.3) is 0 Å². The first kappa shape index (κ1) is 31.4. The SMILES string of the molecule is CC(C)(C)OC(=O)NC(C(=O)N[C@@H](CC1CCCCC1)C(=O)N[C@@H](C[C@@H]1CCNC1=O)C(N)=O)C(C)(C)C. The Hall–Kier alpha value is -2.85. The molecule has 6 N–H and O–H groups in total. The first-order valence-electron chi connectivity index (χ1n) is 13.7. The van der Waals surface area contributed by atoms with Gasteiger partial charge in [0.05, 0.1) is 0 Å². The lowest BCUT2D eigenvalue weighted by molar-refractivity contribution is -0.133. The largest absolute Gasteiger partial charge is 0.444 e. The van der Waals surface area contributed by atoms with Gasteiger partial charge in [-0.3, -0.25) is 19.2 Å². The maximum Gasteiger partial charge on any atom is 0.408 e. The quantitative estimate of drug-likeness (QED) is 0.285. The molecule has 11 heteroatoms. The van der Waals surface area contributed by atoms with Gasteiger partial charge >= 0.3 is 6.09 Å². The molecule has 1 saturated carbocycles. The van der Waals surface area contributed by atoms with E-state index in [9.17, 15) is 24.0 Å². The Balaban J connectivity index is 2.20. The summed E-state index contributed by atoms with van der Waals surface area (Å²) in [4.78, 5) is 63.6. The normalized spacial score (nSPS) is 21.0. The third-order valence-electron chi connectivity index (χ3n) is 7.06. The number of carbonyl (C=O) groups excluding carboxylic acids is 5. The second-order valence-electron chi connectivity index (χ2n) is 12.7. The summed E-state index contributed by atoms with van der Waals surface area (Å²) in [6.07, 6.45) is 5.46. The molecule has 0 aromatic carbocycles. The zero-order valence-corrected chi connectivity index (χ0v) is 23.8. The minimum Gasteiger partial charge on any atom is -0.444 e. The zero-order valence-electron chi connectivity index (χ0n) is 23.8. The molecular weight excluding hydrogens is 490 g/mol. The van der Waals surface area contributed by atoms with E-state index in [1.807, 2.05) is 0 Å². The Morgan fingerprint density at radius 2 is 1.50 bits per heavy atom. The van der Waals surface area contributed by atoms with E-state index in [1.54, 1.807) is 41.5 Å². The predicted octanol–water partition coefficient (Wildman–Crippen LogP) is 1.88. The van der Waals surface area contributed by atoms with Crippen LogP contribution in [0.5, 0.6) is 0 Å². The molecule has 2 fully saturated rings. The van der Waals surface area contributed by atoms with E-state index in [-0.39, 0.29) is 18.2 Å². The van der Waals surface area contributed by atoms with Crippen LogP contribution < -0.4 is 27.0 Å². The van der Waals surface area contributed by atoms with Crippen molar-refractivity contribution in [1.29, 1.82) is 0 Å². The first-order chi connectivity index (χ1) is 17.6. The van der Waals surface area contributed by atoms with E-state index < -0.39 is 58.9 Å². The molecule has 4 atom stereocenters. The molecule has 5 amide bonds. The number of nitrogens with two attached hydrogens (primary N) is 1. The number of primary amides is 1. The summed E-state index contributed by atoms with van der Waals surface area (Å²) in [6, 6.07) is -2.95. The van der Waals surface area contributed by atoms with E-state index in [0.29, 0.717) is 19.4 Å². The fraction of sp³-hybridized carbons (Fsp3) is 0.815. The lowest BCUT2D eigenvalue weighted by Crippen LogP contribution is -2.59. The van der Waals surface area contributed by atoms with E-state index in [1.165, 1.54) is 0 Å². The van der Waals surface area contributed by atoms with Gasteiger partial charge in [-0.05, 0) is 51.4 Å². The van der Waals surface area contributed by atoms with Crippen molar-refractivity contribution in [3.05, 3.63) is 0 Å². The second-order valence-corrected chi connectivity index (χ2v) is 12.7. The van der Waals surface area contributed by atoms with E-state index >= 15 is 0 Å². The zero-order chi connectivity index (χ0) is 28.7. The van der Waals surface area contributed by atoms with Crippen molar-refractivity contribution >= 4 is 29.7 Å². The molecule has 0 aromatic rings. The average molecular weight is 538 g/mol.